The van der Waals surface area contributed by atoms with Gasteiger partial charge in [0.05, 0.1) is 23.3 Å². The van der Waals surface area contributed by atoms with Gasteiger partial charge in [-0.25, -0.2) is 4.98 Å². The monoisotopic (exact) mass is 499 g/mol. The van der Waals surface area contributed by atoms with Gasteiger partial charge in [0.2, 0.25) is 11.9 Å². The average Bonchev–Trinajstić information content (AvgIpc) is 3.32. The van der Waals surface area contributed by atoms with Crippen molar-refractivity contribution in [2.24, 2.45) is 4.99 Å². The lowest BCUT2D eigenvalue weighted by molar-refractivity contribution is -0.138. The first kappa shape index (κ1) is 24.1. The second kappa shape index (κ2) is 9.11. The molecule has 0 radical (unpaired) electrons. The van der Waals surface area contributed by atoms with E-state index in [0.717, 1.165) is 35.9 Å². The van der Waals surface area contributed by atoms with Crippen LogP contribution in [-0.4, -0.2) is 58.1 Å². The van der Waals surface area contributed by atoms with Crippen molar-refractivity contribution >= 4 is 28.6 Å². The fourth-order valence-electron chi connectivity index (χ4n) is 5.00. The van der Waals surface area contributed by atoms with Gasteiger partial charge < -0.3 is 19.7 Å². The SMILES string of the molecule is CC(=O)N1CCN(c2cc3c(=NC(C)c4cccc(C(F)(F)F)c4C)nc4n(c3cn2)CCN4)CC1. The number of piperazine rings is 1. The standard InChI is InChI=1S/C25H28F3N7O/c1-15-18(5-4-6-20(15)25(26,27)28)16(2)31-23-19-13-22(34-11-9-33(10-12-34)17(3)36)30-14-21(19)35-8-7-29-24(35)32-23/h4-6,13-14,16H,7-12H2,1-3H3,(H,29,31,32). The van der Waals surface area contributed by atoms with Crippen molar-refractivity contribution in [2.45, 2.75) is 39.5 Å². The zero-order valence-electron chi connectivity index (χ0n) is 20.4. The number of anilines is 2. The molecule has 8 nitrogen and oxygen atoms in total. The van der Waals surface area contributed by atoms with Gasteiger partial charge in [0.25, 0.3) is 0 Å². The number of amides is 1. The van der Waals surface area contributed by atoms with Crippen LogP contribution in [0, 0.1) is 6.92 Å². The van der Waals surface area contributed by atoms with Crippen LogP contribution in [0.1, 0.15) is 36.6 Å². The highest BCUT2D eigenvalue weighted by Gasteiger charge is 2.33. The molecule has 1 saturated heterocycles. The van der Waals surface area contributed by atoms with Crippen molar-refractivity contribution in [1.29, 1.82) is 0 Å². The van der Waals surface area contributed by atoms with Crippen LogP contribution in [0.25, 0.3) is 10.9 Å². The summed E-state index contributed by atoms with van der Waals surface area (Å²) in [5.41, 5.74) is 1.35. The minimum atomic E-state index is -4.42. The molecule has 0 saturated carbocycles. The van der Waals surface area contributed by atoms with Gasteiger partial charge in [0.1, 0.15) is 5.82 Å². The number of aromatic nitrogens is 3. The molecule has 1 amide bonds. The number of carbonyl (C=O) groups is 1. The van der Waals surface area contributed by atoms with E-state index in [1.54, 1.807) is 26.1 Å². The fraction of sp³-hybridized carbons (Fsp3) is 0.440. The van der Waals surface area contributed by atoms with Crippen LogP contribution in [0.5, 0.6) is 0 Å². The topological polar surface area (TPSA) is 78.7 Å². The molecule has 0 spiro atoms. The van der Waals surface area contributed by atoms with Gasteiger partial charge in [-0.15, -0.1) is 0 Å². The van der Waals surface area contributed by atoms with Crippen molar-refractivity contribution in [3.63, 3.8) is 0 Å². The van der Waals surface area contributed by atoms with Crippen molar-refractivity contribution < 1.29 is 18.0 Å². The Balaban J connectivity index is 1.58. The average molecular weight is 500 g/mol. The Hall–Kier alpha value is -3.63. The van der Waals surface area contributed by atoms with Crippen LogP contribution in [-0.2, 0) is 17.5 Å². The number of carbonyl (C=O) groups excluding carboxylic acids is 1. The van der Waals surface area contributed by atoms with E-state index in [9.17, 15) is 18.0 Å². The van der Waals surface area contributed by atoms with Crippen LogP contribution in [0.2, 0.25) is 0 Å². The number of nitrogens with one attached hydrogen (secondary N) is 1. The van der Waals surface area contributed by atoms with Gasteiger partial charge >= 0.3 is 6.18 Å². The minimum Gasteiger partial charge on any atom is -0.354 e. The maximum absolute atomic E-state index is 13.5. The summed E-state index contributed by atoms with van der Waals surface area (Å²) in [6.45, 7) is 8.88. The maximum Gasteiger partial charge on any atom is 0.416 e. The molecule has 1 aromatic carbocycles. The predicted molar refractivity (Wildman–Crippen MR) is 131 cm³/mol. The van der Waals surface area contributed by atoms with E-state index in [2.05, 4.69) is 15.2 Å². The Bertz CT molecular complexity index is 1390. The number of rotatable bonds is 3. The van der Waals surface area contributed by atoms with E-state index >= 15 is 0 Å². The van der Waals surface area contributed by atoms with E-state index in [4.69, 9.17) is 9.98 Å². The molecule has 36 heavy (non-hydrogen) atoms. The first-order valence-electron chi connectivity index (χ1n) is 12.0. The van der Waals surface area contributed by atoms with E-state index < -0.39 is 17.8 Å². The summed E-state index contributed by atoms with van der Waals surface area (Å²) < 4.78 is 42.5. The third-order valence-corrected chi connectivity index (χ3v) is 6.98. The Labute approximate surface area is 206 Å². The number of hydrogen-bond acceptors (Lipinski definition) is 6. The molecule has 1 fully saturated rings. The fourth-order valence-corrected chi connectivity index (χ4v) is 5.00. The number of alkyl halides is 3. The van der Waals surface area contributed by atoms with Crippen LogP contribution in [0.4, 0.5) is 24.9 Å². The lowest BCUT2D eigenvalue weighted by Crippen LogP contribution is -2.48. The van der Waals surface area contributed by atoms with Crippen molar-refractivity contribution in [2.75, 3.05) is 42.9 Å². The Morgan fingerprint density at radius 3 is 2.61 bits per heavy atom. The van der Waals surface area contributed by atoms with Gasteiger partial charge in [-0.3, -0.25) is 9.79 Å². The summed E-state index contributed by atoms with van der Waals surface area (Å²) in [5.74, 6) is 1.49. The normalized spacial score (nSPS) is 17.3. The molecule has 0 bridgehead atoms. The lowest BCUT2D eigenvalue weighted by Gasteiger charge is -2.35. The molecule has 190 valence electrons. The van der Waals surface area contributed by atoms with E-state index in [0.29, 0.717) is 43.2 Å². The third kappa shape index (κ3) is 4.38. The van der Waals surface area contributed by atoms with E-state index in [1.165, 1.54) is 13.0 Å². The molecule has 0 aliphatic carbocycles. The smallest absolute Gasteiger partial charge is 0.354 e. The van der Waals surface area contributed by atoms with Crippen molar-refractivity contribution in [1.82, 2.24) is 19.4 Å². The summed E-state index contributed by atoms with van der Waals surface area (Å²) in [5, 5.41) is 4.04. The first-order chi connectivity index (χ1) is 17.1. The first-order valence-corrected chi connectivity index (χ1v) is 12.0. The van der Waals surface area contributed by atoms with Crippen LogP contribution >= 0.6 is 0 Å². The van der Waals surface area contributed by atoms with Gasteiger partial charge in [-0.05, 0) is 37.1 Å². The van der Waals surface area contributed by atoms with Gasteiger partial charge in [0, 0.05) is 51.6 Å². The summed E-state index contributed by atoms with van der Waals surface area (Å²) in [7, 11) is 0. The largest absolute Gasteiger partial charge is 0.416 e. The molecule has 4 heterocycles. The molecule has 5 rings (SSSR count). The molecular weight excluding hydrogens is 471 g/mol. The number of halogens is 3. The number of hydrogen-bond donors (Lipinski definition) is 1. The van der Waals surface area contributed by atoms with E-state index in [-0.39, 0.29) is 11.5 Å². The number of benzene rings is 1. The summed E-state index contributed by atoms with van der Waals surface area (Å²) >= 11 is 0. The molecule has 3 aromatic rings. The molecule has 1 atom stereocenters. The van der Waals surface area contributed by atoms with Crippen LogP contribution in [0.15, 0.2) is 35.5 Å². The van der Waals surface area contributed by atoms with Crippen LogP contribution in [0.3, 0.4) is 0 Å². The Morgan fingerprint density at radius 2 is 1.92 bits per heavy atom. The molecule has 2 aliphatic heterocycles. The van der Waals surface area contributed by atoms with Crippen molar-refractivity contribution in [3.05, 3.63) is 52.6 Å². The molecule has 2 aromatic heterocycles. The Kier molecular flexibility index (Phi) is 6.09. The highest BCUT2D eigenvalue weighted by atomic mass is 19.4. The van der Waals surface area contributed by atoms with E-state index in [1.807, 2.05) is 15.5 Å². The minimum absolute atomic E-state index is 0.0599. The molecule has 11 heteroatoms. The summed E-state index contributed by atoms with van der Waals surface area (Å²) in [6, 6.07) is 5.61. The highest BCUT2D eigenvalue weighted by molar-refractivity contribution is 5.82. The van der Waals surface area contributed by atoms with Crippen molar-refractivity contribution in [3.8, 4) is 0 Å². The quantitative estimate of drug-likeness (QED) is 0.597. The molecule has 2 aliphatic rings. The molecular formula is C25H28F3N7O. The Morgan fingerprint density at radius 1 is 1.17 bits per heavy atom. The molecule has 1 N–H and O–H groups in total. The predicted octanol–water partition coefficient (Wildman–Crippen LogP) is 3.51. The highest BCUT2D eigenvalue weighted by Crippen LogP contribution is 2.35. The number of nitrogens with zero attached hydrogens (tertiary/aromatic N) is 6. The second-order valence-corrected chi connectivity index (χ2v) is 9.21. The zero-order valence-corrected chi connectivity index (χ0v) is 20.4. The lowest BCUT2D eigenvalue weighted by atomic mass is 9.97. The van der Waals surface area contributed by atoms with Gasteiger partial charge in [-0.2, -0.15) is 18.2 Å². The summed E-state index contributed by atoms with van der Waals surface area (Å²) in [6.07, 6.45) is -2.62. The number of fused-ring (bicyclic) bond motifs is 3. The number of pyridine rings is 1. The van der Waals surface area contributed by atoms with Gasteiger partial charge in [-0.1, -0.05) is 12.1 Å². The molecule has 1 unspecified atom stereocenters. The zero-order chi connectivity index (χ0) is 25.6. The summed E-state index contributed by atoms with van der Waals surface area (Å²) in [4.78, 5) is 29.9. The van der Waals surface area contributed by atoms with Gasteiger partial charge in [0.15, 0.2) is 5.49 Å². The maximum atomic E-state index is 13.5. The second-order valence-electron chi connectivity index (χ2n) is 9.21. The van der Waals surface area contributed by atoms with Crippen LogP contribution < -0.4 is 15.7 Å². The third-order valence-electron chi connectivity index (χ3n) is 6.98.